The number of amides is 2. The van der Waals surface area contributed by atoms with Gasteiger partial charge in [0.2, 0.25) is 5.88 Å². The molecule has 0 spiro atoms. The molecular formula is C22H24N6O4. The molecule has 1 atom stereocenters. The van der Waals surface area contributed by atoms with Crippen molar-refractivity contribution in [1.29, 1.82) is 0 Å². The summed E-state index contributed by atoms with van der Waals surface area (Å²) in [5.74, 6) is 0.451. The molecule has 32 heavy (non-hydrogen) atoms. The summed E-state index contributed by atoms with van der Waals surface area (Å²) in [7, 11) is 1.52. The minimum absolute atomic E-state index is 0.152. The molecule has 10 heteroatoms. The van der Waals surface area contributed by atoms with Crippen LogP contribution in [0.1, 0.15) is 35.8 Å². The minimum Gasteiger partial charge on any atom is -0.480 e. The maximum atomic E-state index is 12.9. The van der Waals surface area contributed by atoms with E-state index in [9.17, 15) is 9.59 Å². The van der Waals surface area contributed by atoms with Crippen LogP contribution < -0.4 is 15.4 Å². The summed E-state index contributed by atoms with van der Waals surface area (Å²) in [6.45, 7) is 2.55. The second-order valence-electron chi connectivity index (χ2n) is 7.23. The molecule has 4 rings (SSSR count). The van der Waals surface area contributed by atoms with Crippen LogP contribution in [-0.4, -0.2) is 51.6 Å². The summed E-state index contributed by atoms with van der Waals surface area (Å²) >= 11 is 0. The first kappa shape index (κ1) is 21.4. The van der Waals surface area contributed by atoms with E-state index in [0.717, 1.165) is 12.8 Å². The first-order chi connectivity index (χ1) is 15.6. The lowest BCUT2D eigenvalue weighted by Gasteiger charge is -2.11. The zero-order valence-electron chi connectivity index (χ0n) is 17.9. The molecule has 10 nitrogen and oxygen atoms in total. The predicted molar refractivity (Wildman–Crippen MR) is 117 cm³/mol. The lowest BCUT2D eigenvalue weighted by atomic mass is 10.2. The number of nitrogens with zero attached hydrogens (tertiary/aromatic N) is 4. The fourth-order valence-electron chi connectivity index (χ4n) is 3.48. The Morgan fingerprint density at radius 2 is 1.88 bits per heavy atom. The van der Waals surface area contributed by atoms with E-state index in [0.29, 0.717) is 47.4 Å². The summed E-state index contributed by atoms with van der Waals surface area (Å²) in [6, 6.07) is 10.3. The Balaban J connectivity index is 1.44. The molecule has 1 aliphatic heterocycles. The number of carbonyl (C=O) groups is 2. The first-order valence-corrected chi connectivity index (χ1v) is 10.4. The molecule has 1 saturated heterocycles. The highest BCUT2D eigenvalue weighted by atomic mass is 16.5. The highest BCUT2D eigenvalue weighted by Crippen LogP contribution is 2.20. The number of nitrogens with one attached hydrogen (secondary N) is 2. The molecule has 166 valence electrons. The van der Waals surface area contributed by atoms with Crippen molar-refractivity contribution >= 4 is 23.2 Å². The van der Waals surface area contributed by atoms with Crippen LogP contribution in [0.5, 0.6) is 5.88 Å². The number of methoxy groups -OCH3 is 1. The Morgan fingerprint density at radius 3 is 2.47 bits per heavy atom. The van der Waals surface area contributed by atoms with Crippen LogP contribution in [-0.2, 0) is 16.0 Å². The number of hydrogen-bond acceptors (Lipinski definition) is 7. The molecule has 1 unspecified atom stereocenters. The minimum atomic E-state index is -0.395. The van der Waals surface area contributed by atoms with Gasteiger partial charge in [-0.2, -0.15) is 5.10 Å². The van der Waals surface area contributed by atoms with E-state index in [4.69, 9.17) is 9.47 Å². The van der Waals surface area contributed by atoms with Crippen molar-refractivity contribution in [2.24, 2.45) is 0 Å². The highest BCUT2D eigenvalue weighted by Gasteiger charge is 2.23. The maximum Gasteiger partial charge on any atom is 0.259 e. The Labute approximate surface area is 184 Å². The van der Waals surface area contributed by atoms with Gasteiger partial charge in [0, 0.05) is 24.0 Å². The quantitative estimate of drug-likeness (QED) is 0.584. The van der Waals surface area contributed by atoms with Crippen LogP contribution in [0.3, 0.4) is 0 Å². The van der Waals surface area contributed by atoms with Crippen molar-refractivity contribution in [2.45, 2.75) is 32.3 Å². The van der Waals surface area contributed by atoms with Gasteiger partial charge in [-0.1, -0.05) is 6.92 Å². The number of hydrogen-bond donors (Lipinski definition) is 2. The number of aromatic nitrogens is 4. The van der Waals surface area contributed by atoms with Crippen LogP contribution in [0, 0.1) is 0 Å². The van der Waals surface area contributed by atoms with Crippen molar-refractivity contribution in [3.63, 3.8) is 0 Å². The van der Waals surface area contributed by atoms with Crippen LogP contribution >= 0.6 is 0 Å². The second-order valence-corrected chi connectivity index (χ2v) is 7.23. The van der Waals surface area contributed by atoms with Crippen LogP contribution in [0.25, 0.3) is 5.82 Å². The standard InChI is InChI=1S/C22H24N6O4/c1-3-17-16(13-23-28(17)19-10-11-20(31-2)27-26-19)21(29)24-14-6-8-15(9-7-14)25-22(30)18-5-4-12-32-18/h6-11,13,18H,3-5,12H2,1-2H3,(H,24,29)(H,25,30). The second kappa shape index (κ2) is 9.56. The van der Waals surface area contributed by atoms with Gasteiger partial charge in [0.15, 0.2) is 5.82 Å². The SMILES string of the molecule is CCc1c(C(=O)Nc2ccc(NC(=O)C3CCCO3)cc2)cnn1-c1ccc(OC)nn1. The lowest BCUT2D eigenvalue weighted by molar-refractivity contribution is -0.124. The predicted octanol–water partition coefficient (Wildman–Crippen LogP) is 2.60. The van der Waals surface area contributed by atoms with Crippen molar-refractivity contribution in [3.05, 3.63) is 53.9 Å². The number of rotatable bonds is 7. The summed E-state index contributed by atoms with van der Waals surface area (Å²) in [5.41, 5.74) is 2.40. The molecule has 0 saturated carbocycles. The van der Waals surface area contributed by atoms with Gasteiger partial charge in [-0.05, 0) is 49.6 Å². The Kier molecular flexibility index (Phi) is 6.41. The van der Waals surface area contributed by atoms with Gasteiger partial charge in [0.25, 0.3) is 11.8 Å². The molecule has 0 bridgehead atoms. The van der Waals surface area contributed by atoms with E-state index in [1.807, 2.05) is 6.92 Å². The third kappa shape index (κ3) is 4.59. The van der Waals surface area contributed by atoms with E-state index in [2.05, 4.69) is 25.9 Å². The summed E-state index contributed by atoms with van der Waals surface area (Å²) < 4.78 is 12.0. The van der Waals surface area contributed by atoms with Gasteiger partial charge >= 0.3 is 0 Å². The van der Waals surface area contributed by atoms with Crippen molar-refractivity contribution in [3.8, 4) is 11.7 Å². The number of benzene rings is 1. The lowest BCUT2D eigenvalue weighted by Crippen LogP contribution is -2.26. The largest absolute Gasteiger partial charge is 0.480 e. The third-order valence-corrected chi connectivity index (χ3v) is 5.13. The van der Waals surface area contributed by atoms with Crippen LogP contribution in [0.2, 0.25) is 0 Å². The fraction of sp³-hybridized carbons (Fsp3) is 0.318. The monoisotopic (exact) mass is 436 g/mol. The van der Waals surface area contributed by atoms with Gasteiger partial charge in [-0.25, -0.2) is 4.68 Å². The smallest absolute Gasteiger partial charge is 0.259 e. The van der Waals surface area contributed by atoms with E-state index in [1.165, 1.54) is 13.3 Å². The van der Waals surface area contributed by atoms with Gasteiger partial charge in [-0.15, -0.1) is 10.2 Å². The third-order valence-electron chi connectivity index (χ3n) is 5.13. The molecule has 0 radical (unpaired) electrons. The van der Waals surface area contributed by atoms with Crippen LogP contribution in [0.4, 0.5) is 11.4 Å². The topological polar surface area (TPSA) is 120 Å². The number of carbonyl (C=O) groups excluding carboxylic acids is 2. The van der Waals surface area contributed by atoms with Gasteiger partial charge in [-0.3, -0.25) is 9.59 Å². The zero-order valence-corrected chi connectivity index (χ0v) is 17.9. The van der Waals surface area contributed by atoms with E-state index in [1.54, 1.807) is 41.1 Å². The molecule has 1 aromatic carbocycles. The average Bonchev–Trinajstić information content (AvgIpc) is 3.50. The zero-order chi connectivity index (χ0) is 22.5. The van der Waals surface area contributed by atoms with E-state index < -0.39 is 6.10 Å². The molecule has 2 amide bonds. The van der Waals surface area contributed by atoms with Crippen molar-refractivity contribution in [2.75, 3.05) is 24.4 Å². The Bertz CT molecular complexity index is 1090. The molecule has 3 aromatic rings. The van der Waals surface area contributed by atoms with E-state index >= 15 is 0 Å². The number of ether oxygens (including phenoxy) is 2. The summed E-state index contributed by atoms with van der Waals surface area (Å²) in [6.07, 6.45) is 3.31. The molecule has 1 fully saturated rings. The molecular weight excluding hydrogens is 412 g/mol. The molecule has 2 aromatic heterocycles. The van der Waals surface area contributed by atoms with Gasteiger partial charge in [0.1, 0.15) is 6.10 Å². The normalized spacial score (nSPS) is 15.4. The molecule has 1 aliphatic rings. The van der Waals surface area contributed by atoms with Crippen molar-refractivity contribution < 1.29 is 19.1 Å². The summed E-state index contributed by atoms with van der Waals surface area (Å²) in [4.78, 5) is 25.0. The fourth-order valence-corrected chi connectivity index (χ4v) is 3.48. The molecule has 0 aliphatic carbocycles. The number of anilines is 2. The average molecular weight is 436 g/mol. The Hall–Kier alpha value is -3.79. The van der Waals surface area contributed by atoms with E-state index in [-0.39, 0.29) is 11.8 Å². The molecule has 3 heterocycles. The van der Waals surface area contributed by atoms with Crippen molar-refractivity contribution in [1.82, 2.24) is 20.0 Å². The van der Waals surface area contributed by atoms with Crippen LogP contribution in [0.15, 0.2) is 42.6 Å². The highest BCUT2D eigenvalue weighted by molar-refractivity contribution is 6.05. The first-order valence-electron chi connectivity index (χ1n) is 10.4. The molecule has 2 N–H and O–H groups in total. The maximum absolute atomic E-state index is 12.9. The van der Waals surface area contributed by atoms with Gasteiger partial charge in [0.05, 0.1) is 24.6 Å². The summed E-state index contributed by atoms with van der Waals surface area (Å²) in [5, 5.41) is 18.1. The van der Waals surface area contributed by atoms with Gasteiger partial charge < -0.3 is 20.1 Å². The Morgan fingerprint density at radius 1 is 1.12 bits per heavy atom.